The number of benzene rings is 2. The fourth-order valence-corrected chi connectivity index (χ4v) is 5.72. The molecule has 12 nitrogen and oxygen atoms in total. The second kappa shape index (κ2) is 15.8. The van der Waals surface area contributed by atoms with Gasteiger partial charge in [-0.3, -0.25) is 19.8 Å². The zero-order valence-electron chi connectivity index (χ0n) is 27.5. The van der Waals surface area contributed by atoms with Crippen LogP contribution in [0, 0.1) is 11.3 Å². The van der Waals surface area contributed by atoms with Crippen molar-refractivity contribution < 1.29 is 52.0 Å². The first-order valence-electron chi connectivity index (χ1n) is 15.4. The van der Waals surface area contributed by atoms with Gasteiger partial charge in [-0.15, -0.1) is 0 Å². The second-order valence-corrected chi connectivity index (χ2v) is 11.7. The molecule has 0 unspecified atom stereocenters. The number of carbonyl (C=O) groups excluding carboxylic acids is 2. The number of carbonyl (C=O) groups is 4. The minimum atomic E-state index is -5.08. The molecule has 2 aromatic carbocycles. The van der Waals surface area contributed by atoms with E-state index in [1.165, 1.54) is 0 Å². The van der Waals surface area contributed by atoms with Crippen molar-refractivity contribution in [3.63, 3.8) is 0 Å². The molecule has 0 radical (unpaired) electrons. The molecule has 0 atom stereocenters. The minimum absolute atomic E-state index is 0.0107. The Morgan fingerprint density at radius 2 is 1.71 bits per heavy atom. The van der Waals surface area contributed by atoms with Crippen LogP contribution in [0.2, 0.25) is 0 Å². The summed E-state index contributed by atoms with van der Waals surface area (Å²) in [7, 11) is 3.18. The van der Waals surface area contributed by atoms with Gasteiger partial charge in [-0.05, 0) is 67.0 Å². The molecule has 1 fully saturated rings. The number of Topliss-reactive ketones (excluding diaryl/α,β-unsaturated/α-hetero) is 1. The van der Waals surface area contributed by atoms with Crippen LogP contribution < -0.4 is 19.7 Å². The quantitative estimate of drug-likeness (QED) is 0.239. The zero-order valence-corrected chi connectivity index (χ0v) is 27.5. The topological polar surface area (TPSA) is 170 Å². The van der Waals surface area contributed by atoms with Gasteiger partial charge in [0.1, 0.15) is 17.3 Å². The summed E-state index contributed by atoms with van der Waals surface area (Å²) in [4.78, 5) is 50.2. The van der Waals surface area contributed by atoms with Gasteiger partial charge < -0.3 is 34.8 Å². The smallest absolute Gasteiger partial charge is 0.490 e. The van der Waals surface area contributed by atoms with Crippen LogP contribution in [0.25, 0.3) is 0 Å². The third kappa shape index (κ3) is 8.95. The normalized spacial score (nSPS) is 14.6. The highest BCUT2D eigenvalue weighted by molar-refractivity contribution is 6.08. The largest absolute Gasteiger partial charge is 0.494 e. The van der Waals surface area contributed by atoms with Crippen molar-refractivity contribution in [2.45, 2.75) is 58.7 Å². The van der Waals surface area contributed by atoms with Gasteiger partial charge in [0.05, 0.1) is 31.5 Å². The summed E-state index contributed by atoms with van der Waals surface area (Å²) in [5.74, 6) is -2.31. The number of fused-ring (bicyclic) bond motifs is 1. The Morgan fingerprint density at radius 3 is 2.21 bits per heavy atom. The highest BCUT2D eigenvalue weighted by Crippen LogP contribution is 2.40. The van der Waals surface area contributed by atoms with E-state index in [4.69, 9.17) is 24.8 Å². The lowest BCUT2D eigenvalue weighted by Crippen LogP contribution is -2.35. The maximum atomic E-state index is 13.7. The lowest BCUT2D eigenvalue weighted by Gasteiger charge is -2.35. The molecule has 15 heteroatoms. The van der Waals surface area contributed by atoms with Crippen LogP contribution >= 0.6 is 0 Å². The van der Waals surface area contributed by atoms with Crippen LogP contribution in [0.4, 0.5) is 18.9 Å². The average molecular weight is 679 g/mol. The summed E-state index contributed by atoms with van der Waals surface area (Å²) >= 11 is 0. The van der Waals surface area contributed by atoms with Crippen LogP contribution in [0.3, 0.4) is 0 Å². The number of hydrogen-bond acceptors (Lipinski definition) is 8. The van der Waals surface area contributed by atoms with E-state index in [9.17, 15) is 32.7 Å². The number of ether oxygens (including phenoxy) is 2. The number of amides is 1. The molecular formula is C33H41F3N4O8. The summed E-state index contributed by atoms with van der Waals surface area (Å²) in [6, 6.07) is 7.21. The number of halogens is 3. The molecule has 4 rings (SSSR count). The molecule has 2 aromatic rings. The molecular weight excluding hydrogens is 637 g/mol. The van der Waals surface area contributed by atoms with Crippen molar-refractivity contribution in [3.05, 3.63) is 52.1 Å². The summed E-state index contributed by atoms with van der Waals surface area (Å²) < 4.78 is 43.3. The van der Waals surface area contributed by atoms with Gasteiger partial charge >= 0.3 is 18.1 Å². The van der Waals surface area contributed by atoms with Crippen molar-refractivity contribution in [3.8, 4) is 11.5 Å². The molecule has 262 valence electrons. The van der Waals surface area contributed by atoms with Crippen molar-refractivity contribution in [2.75, 3.05) is 45.3 Å². The molecule has 0 saturated carbocycles. The van der Waals surface area contributed by atoms with Crippen molar-refractivity contribution >= 4 is 35.2 Å². The molecule has 1 saturated heterocycles. The van der Waals surface area contributed by atoms with E-state index in [1.54, 1.807) is 31.2 Å². The minimum Gasteiger partial charge on any atom is -0.494 e. The first kappa shape index (κ1) is 37.6. The number of piperidine rings is 1. The lowest BCUT2D eigenvalue weighted by molar-refractivity contribution is -0.192. The van der Waals surface area contributed by atoms with E-state index >= 15 is 0 Å². The third-order valence-electron chi connectivity index (χ3n) is 8.15. The van der Waals surface area contributed by atoms with Gasteiger partial charge in [-0.25, -0.2) is 4.79 Å². The Kier molecular flexibility index (Phi) is 12.4. The van der Waals surface area contributed by atoms with Crippen LogP contribution in [-0.4, -0.2) is 91.2 Å². The summed E-state index contributed by atoms with van der Waals surface area (Å²) in [6.45, 7) is 8.11. The Labute approximate surface area is 276 Å². The number of rotatable bonds is 11. The predicted molar refractivity (Wildman–Crippen MR) is 171 cm³/mol. The number of ketones is 1. The Morgan fingerprint density at radius 1 is 1.08 bits per heavy atom. The fraction of sp³-hybridized carbons (Fsp3) is 0.485. The van der Waals surface area contributed by atoms with Crippen LogP contribution in [0.1, 0.15) is 83.4 Å². The molecule has 0 spiro atoms. The van der Waals surface area contributed by atoms with Gasteiger partial charge in [0.25, 0.3) is 5.91 Å². The Balaban J connectivity index is 0.000000804. The molecule has 0 aliphatic carbocycles. The van der Waals surface area contributed by atoms with Crippen molar-refractivity contribution in [1.82, 2.24) is 10.2 Å². The maximum absolute atomic E-state index is 13.7. The number of alkyl halides is 3. The fourth-order valence-electron chi connectivity index (χ4n) is 5.72. The number of nitrogens with one attached hydrogen (secondary N) is 2. The van der Waals surface area contributed by atoms with Crippen LogP contribution in [0.15, 0.2) is 24.3 Å². The number of anilines is 1. The number of amidine groups is 1. The Hall–Kier alpha value is -4.82. The SMILES string of the molecule is CCOc1cc2c(cc1C(=O)NC)C(=N)N(CC(=O)c1cc(C(C)C)c(OC)c(N3CCC(CC(=O)O)CC3)c1)C2.O=C(O)C(F)(F)F. The standard InChI is InChI=1S/C31H40N4O6.C2HF3O2/c1-6-41-27-14-21-16-35(30(32)23(21)15-24(27)31(39)33-4)17-26(36)20-12-22(18(2)3)29(40-5)25(13-20)34-9-7-19(8-10-34)11-28(37)38;3-2(4,5)1(6)7/h12-15,18-19,32H,6-11,16-17H2,1-5H3,(H,33,39)(H,37,38);(H,6,7). The van der Waals surface area contributed by atoms with Crippen molar-refractivity contribution in [2.24, 2.45) is 5.92 Å². The molecule has 0 bridgehead atoms. The van der Waals surface area contributed by atoms with E-state index in [1.807, 2.05) is 19.1 Å². The molecule has 1 amide bonds. The van der Waals surface area contributed by atoms with Crippen LogP contribution in [0.5, 0.6) is 11.5 Å². The zero-order chi connectivity index (χ0) is 35.9. The molecule has 2 heterocycles. The summed E-state index contributed by atoms with van der Waals surface area (Å²) in [5.41, 5.74) is 4.12. The van der Waals surface area contributed by atoms with E-state index in [-0.39, 0.29) is 42.3 Å². The molecule has 0 aromatic heterocycles. The maximum Gasteiger partial charge on any atom is 0.490 e. The third-order valence-corrected chi connectivity index (χ3v) is 8.15. The molecule has 2 aliphatic heterocycles. The number of nitrogens with zero attached hydrogens (tertiary/aromatic N) is 2. The van der Waals surface area contributed by atoms with Crippen molar-refractivity contribution in [1.29, 1.82) is 5.41 Å². The Bertz CT molecular complexity index is 1550. The van der Waals surface area contributed by atoms with E-state index in [0.29, 0.717) is 48.7 Å². The summed E-state index contributed by atoms with van der Waals surface area (Å²) in [6.07, 6.45) is -3.40. The van der Waals surface area contributed by atoms with Gasteiger partial charge in [-0.1, -0.05) is 13.8 Å². The predicted octanol–water partition coefficient (Wildman–Crippen LogP) is 4.93. The number of carboxylic acid groups (broad SMARTS) is 2. The second-order valence-electron chi connectivity index (χ2n) is 11.7. The number of carboxylic acids is 2. The molecule has 2 aliphatic rings. The number of hydrogen-bond donors (Lipinski definition) is 4. The van der Waals surface area contributed by atoms with Gasteiger partial charge in [0, 0.05) is 44.2 Å². The van der Waals surface area contributed by atoms with Gasteiger partial charge in [0.2, 0.25) is 0 Å². The van der Waals surface area contributed by atoms with E-state index in [0.717, 1.165) is 35.4 Å². The number of aliphatic carboxylic acids is 2. The van der Waals surface area contributed by atoms with Crippen LogP contribution in [-0.2, 0) is 16.1 Å². The highest BCUT2D eigenvalue weighted by atomic mass is 19.4. The first-order valence-corrected chi connectivity index (χ1v) is 15.4. The van der Waals surface area contributed by atoms with Gasteiger partial charge in [-0.2, -0.15) is 13.2 Å². The average Bonchev–Trinajstić information content (AvgIpc) is 3.32. The van der Waals surface area contributed by atoms with E-state index < -0.39 is 18.1 Å². The van der Waals surface area contributed by atoms with E-state index in [2.05, 4.69) is 24.1 Å². The monoisotopic (exact) mass is 678 g/mol. The molecule has 48 heavy (non-hydrogen) atoms. The first-order chi connectivity index (χ1) is 22.5. The summed E-state index contributed by atoms with van der Waals surface area (Å²) in [5, 5.41) is 27.7. The lowest BCUT2D eigenvalue weighted by atomic mass is 9.91. The number of methoxy groups -OCH3 is 1. The highest BCUT2D eigenvalue weighted by Gasteiger charge is 2.38. The molecule has 4 N–H and O–H groups in total. The van der Waals surface area contributed by atoms with Gasteiger partial charge in [0.15, 0.2) is 5.78 Å².